The molecule has 0 saturated carbocycles. The summed E-state index contributed by atoms with van der Waals surface area (Å²) in [6.07, 6.45) is 1.23. The second kappa shape index (κ2) is 8.87. The van der Waals surface area contributed by atoms with Gasteiger partial charge < -0.3 is 19.8 Å². The lowest BCUT2D eigenvalue weighted by Crippen LogP contribution is -2.43. The lowest BCUT2D eigenvalue weighted by atomic mass is 10.1. The van der Waals surface area contributed by atoms with Gasteiger partial charge in [0.25, 0.3) is 0 Å². The minimum absolute atomic E-state index is 0.197. The zero-order chi connectivity index (χ0) is 21.9. The van der Waals surface area contributed by atoms with Gasteiger partial charge >= 0.3 is 13.6 Å². The maximum atomic E-state index is 12.4. The van der Waals surface area contributed by atoms with Crippen molar-refractivity contribution in [1.82, 2.24) is 4.72 Å². The first-order chi connectivity index (χ1) is 14.0. The van der Waals surface area contributed by atoms with E-state index in [-0.39, 0.29) is 4.90 Å². The van der Waals surface area contributed by atoms with Crippen LogP contribution in [0.4, 0.5) is 5.69 Å². The van der Waals surface area contributed by atoms with Gasteiger partial charge in [0.05, 0.1) is 11.1 Å². The van der Waals surface area contributed by atoms with Crippen molar-refractivity contribution in [2.24, 2.45) is 0 Å². The molecule has 1 aliphatic heterocycles. The number of benzene rings is 2. The number of nitrogens with zero attached hydrogens (tertiary/aromatic N) is 1. The van der Waals surface area contributed by atoms with E-state index in [0.717, 1.165) is 29.9 Å². The van der Waals surface area contributed by atoms with Crippen LogP contribution in [0.15, 0.2) is 53.4 Å². The number of anilines is 1. The van der Waals surface area contributed by atoms with Crippen LogP contribution >= 0.6 is 7.60 Å². The van der Waals surface area contributed by atoms with Crippen LogP contribution in [0.1, 0.15) is 12.8 Å². The highest BCUT2D eigenvalue weighted by atomic mass is 32.2. The van der Waals surface area contributed by atoms with Crippen molar-refractivity contribution in [1.29, 1.82) is 0 Å². The highest BCUT2D eigenvalue weighted by molar-refractivity contribution is 7.89. The summed E-state index contributed by atoms with van der Waals surface area (Å²) in [5.74, 6) is -1.67. The number of rotatable bonds is 8. The smallest absolute Gasteiger partial charge is 0.327 e. The zero-order valence-corrected chi connectivity index (χ0v) is 17.7. The van der Waals surface area contributed by atoms with E-state index in [9.17, 15) is 17.8 Å². The van der Waals surface area contributed by atoms with Crippen molar-refractivity contribution in [2.75, 3.05) is 24.2 Å². The fourth-order valence-corrected chi connectivity index (χ4v) is 5.36. The van der Waals surface area contributed by atoms with E-state index < -0.39 is 35.8 Å². The fourth-order valence-electron chi connectivity index (χ4n) is 3.33. The molecule has 2 aromatic rings. The quantitative estimate of drug-likeness (QED) is 0.443. The molecule has 0 aliphatic carbocycles. The number of hydrogen-bond donors (Lipinski definition) is 4. The fraction of sp³-hybridized carbons (Fsp3) is 0.316. The summed E-state index contributed by atoms with van der Waals surface area (Å²) in [7, 11) is -9.00. The van der Waals surface area contributed by atoms with Gasteiger partial charge in [0.2, 0.25) is 10.0 Å². The predicted octanol–water partition coefficient (Wildman–Crippen LogP) is 1.86. The molecule has 9 nitrogen and oxygen atoms in total. The lowest BCUT2D eigenvalue weighted by Gasteiger charge is -2.18. The monoisotopic (exact) mass is 454 g/mol. The first kappa shape index (κ1) is 22.5. The third-order valence-corrected chi connectivity index (χ3v) is 7.18. The molecular formula is C19H23N2O7PS. The van der Waals surface area contributed by atoms with E-state index in [4.69, 9.17) is 14.9 Å². The van der Waals surface area contributed by atoms with Crippen molar-refractivity contribution < 1.29 is 32.7 Å². The summed E-state index contributed by atoms with van der Waals surface area (Å²) in [4.78, 5) is 31.2. The van der Waals surface area contributed by atoms with E-state index in [0.29, 0.717) is 0 Å². The Balaban J connectivity index is 1.75. The average Bonchev–Trinajstić information content (AvgIpc) is 3.21. The molecule has 4 N–H and O–H groups in total. The average molecular weight is 454 g/mol. The van der Waals surface area contributed by atoms with Gasteiger partial charge in [0, 0.05) is 18.8 Å². The summed E-state index contributed by atoms with van der Waals surface area (Å²) in [5, 5.41) is 9.07. The van der Waals surface area contributed by atoms with Gasteiger partial charge in [-0.1, -0.05) is 24.3 Å². The highest BCUT2D eigenvalue weighted by Gasteiger charge is 2.31. The molecule has 11 heteroatoms. The van der Waals surface area contributed by atoms with Crippen LogP contribution in [-0.4, -0.2) is 54.6 Å². The van der Waals surface area contributed by atoms with E-state index in [1.807, 2.05) is 29.0 Å². The summed E-state index contributed by atoms with van der Waals surface area (Å²) in [5.41, 5.74) is 2.83. The van der Waals surface area contributed by atoms with Gasteiger partial charge in [-0.05, 0) is 48.2 Å². The molecule has 2 aromatic carbocycles. The van der Waals surface area contributed by atoms with Crippen LogP contribution in [-0.2, 0) is 19.4 Å². The molecule has 3 rings (SSSR count). The zero-order valence-electron chi connectivity index (χ0n) is 16.0. The van der Waals surface area contributed by atoms with Crippen LogP contribution in [0.3, 0.4) is 0 Å². The molecule has 0 amide bonds. The Kier molecular flexibility index (Phi) is 6.64. The van der Waals surface area contributed by atoms with Gasteiger partial charge in [0.1, 0.15) is 6.04 Å². The third kappa shape index (κ3) is 5.68. The van der Waals surface area contributed by atoms with Crippen molar-refractivity contribution in [2.45, 2.75) is 23.8 Å². The summed E-state index contributed by atoms with van der Waals surface area (Å²) in [6, 6.07) is 11.8. The second-order valence-corrected chi connectivity index (χ2v) is 10.5. The molecule has 0 bridgehead atoms. The van der Waals surface area contributed by atoms with Crippen molar-refractivity contribution in [3.05, 3.63) is 48.5 Å². The number of nitrogens with one attached hydrogen (secondary N) is 1. The predicted molar refractivity (Wildman–Crippen MR) is 112 cm³/mol. The van der Waals surface area contributed by atoms with Crippen molar-refractivity contribution in [3.8, 4) is 11.1 Å². The summed E-state index contributed by atoms with van der Waals surface area (Å²) < 4.78 is 37.8. The molecule has 0 spiro atoms. The molecular weight excluding hydrogens is 431 g/mol. The topological polar surface area (TPSA) is 144 Å². The van der Waals surface area contributed by atoms with E-state index >= 15 is 0 Å². The van der Waals surface area contributed by atoms with E-state index in [2.05, 4.69) is 4.90 Å². The Morgan fingerprint density at radius 1 is 1.00 bits per heavy atom. The number of aliphatic carboxylic acids is 1. The maximum Gasteiger partial charge on any atom is 0.327 e. The number of carbonyl (C=O) groups is 1. The van der Waals surface area contributed by atoms with Gasteiger partial charge in [0.15, 0.2) is 0 Å². The molecule has 1 fully saturated rings. The standard InChI is InChI=1S/C19H23N2O7PS/c22-19(23)18(13-29(24,25)26)20-30(27,28)17-9-5-15(6-10-17)14-3-7-16(8-4-14)21-11-1-2-12-21/h3-10,18,20H,1-2,11-13H2,(H,22,23)(H2,24,25,26). The van der Waals surface area contributed by atoms with Gasteiger partial charge in [-0.2, -0.15) is 4.72 Å². The maximum absolute atomic E-state index is 12.4. The van der Waals surface area contributed by atoms with Crippen molar-refractivity contribution in [3.63, 3.8) is 0 Å². The molecule has 0 radical (unpaired) electrons. The van der Waals surface area contributed by atoms with E-state index in [1.54, 1.807) is 12.1 Å². The Morgan fingerprint density at radius 3 is 1.97 bits per heavy atom. The lowest BCUT2D eigenvalue weighted by molar-refractivity contribution is -0.138. The van der Waals surface area contributed by atoms with Crippen LogP contribution < -0.4 is 9.62 Å². The van der Waals surface area contributed by atoms with Gasteiger partial charge in [-0.15, -0.1) is 0 Å². The molecule has 0 aromatic heterocycles. The first-order valence-corrected chi connectivity index (χ1v) is 12.6. The molecule has 1 unspecified atom stereocenters. The Labute approximate surface area is 174 Å². The first-order valence-electron chi connectivity index (χ1n) is 9.30. The molecule has 1 saturated heterocycles. The number of carboxylic acid groups (broad SMARTS) is 1. The molecule has 30 heavy (non-hydrogen) atoms. The van der Waals surface area contributed by atoms with Crippen LogP contribution in [0, 0.1) is 0 Å². The largest absolute Gasteiger partial charge is 0.480 e. The summed E-state index contributed by atoms with van der Waals surface area (Å²) >= 11 is 0. The van der Waals surface area contributed by atoms with Crippen molar-refractivity contribution >= 4 is 29.3 Å². The van der Waals surface area contributed by atoms with Crippen LogP contribution in [0.25, 0.3) is 11.1 Å². The second-order valence-electron chi connectivity index (χ2n) is 7.12. The molecule has 1 atom stereocenters. The third-order valence-electron chi connectivity index (χ3n) is 4.85. The molecule has 162 valence electrons. The van der Waals surface area contributed by atoms with Gasteiger partial charge in [-0.3, -0.25) is 9.36 Å². The SMILES string of the molecule is O=C(O)C(CP(=O)(O)O)NS(=O)(=O)c1ccc(-c2ccc(N3CCCC3)cc2)cc1. The van der Waals surface area contributed by atoms with E-state index in [1.165, 1.54) is 25.0 Å². The minimum atomic E-state index is -4.72. The molecule has 1 aliphatic rings. The molecule has 1 heterocycles. The van der Waals surface area contributed by atoms with Crippen LogP contribution in [0.2, 0.25) is 0 Å². The Hall–Kier alpha value is -2.23. The Morgan fingerprint density at radius 2 is 1.50 bits per heavy atom. The highest BCUT2D eigenvalue weighted by Crippen LogP contribution is 2.35. The summed E-state index contributed by atoms with van der Waals surface area (Å²) in [6.45, 7) is 2.08. The number of carboxylic acids is 1. The Bertz CT molecular complexity index is 1040. The van der Waals surface area contributed by atoms with Gasteiger partial charge in [-0.25, -0.2) is 8.42 Å². The number of hydrogen-bond acceptors (Lipinski definition) is 5. The number of sulfonamides is 1. The minimum Gasteiger partial charge on any atom is -0.480 e. The normalized spacial score (nSPS) is 15.9. The van der Waals surface area contributed by atoms with Crippen LogP contribution in [0.5, 0.6) is 0 Å².